The van der Waals surface area contributed by atoms with Gasteiger partial charge in [0.2, 0.25) is 10.0 Å². The van der Waals surface area contributed by atoms with Crippen molar-refractivity contribution in [3.8, 4) is 5.75 Å². The molecule has 0 aliphatic carbocycles. The monoisotopic (exact) mass is 412 g/mol. The predicted octanol–water partition coefficient (Wildman–Crippen LogP) is 3.89. The van der Waals surface area contributed by atoms with E-state index in [4.69, 9.17) is 4.74 Å². The second kappa shape index (κ2) is 9.07. The van der Waals surface area contributed by atoms with Crippen LogP contribution in [0.25, 0.3) is 10.8 Å². The Bertz CT molecular complexity index is 1090. The Hall–Kier alpha value is -2.90. The summed E-state index contributed by atoms with van der Waals surface area (Å²) in [5, 5.41) is 4.85. The third-order valence-corrected chi connectivity index (χ3v) is 6.66. The molecule has 0 heterocycles. The van der Waals surface area contributed by atoms with E-state index in [9.17, 15) is 13.2 Å². The van der Waals surface area contributed by atoms with Gasteiger partial charge in [-0.1, -0.05) is 50.2 Å². The maximum absolute atomic E-state index is 12.5. The minimum atomic E-state index is -3.51. The van der Waals surface area contributed by atoms with Gasteiger partial charge in [-0.15, -0.1) is 0 Å². The second-order valence-electron chi connectivity index (χ2n) is 6.42. The first-order valence-corrected chi connectivity index (χ1v) is 10.9. The second-order valence-corrected chi connectivity index (χ2v) is 8.36. The van der Waals surface area contributed by atoms with Gasteiger partial charge in [0, 0.05) is 24.2 Å². The molecule has 0 fully saturated rings. The molecule has 0 aliphatic rings. The minimum absolute atomic E-state index is 0.175. The number of amides is 1. The van der Waals surface area contributed by atoms with E-state index < -0.39 is 10.0 Å². The lowest BCUT2D eigenvalue weighted by atomic mass is 10.1. The third kappa shape index (κ3) is 4.75. The van der Waals surface area contributed by atoms with Crippen LogP contribution in [0.5, 0.6) is 5.75 Å². The summed E-state index contributed by atoms with van der Waals surface area (Å²) in [7, 11) is -3.51. The van der Waals surface area contributed by atoms with Crippen LogP contribution in [-0.4, -0.2) is 38.3 Å². The number of rotatable bonds is 8. The molecule has 29 heavy (non-hydrogen) atoms. The van der Waals surface area contributed by atoms with Gasteiger partial charge in [-0.3, -0.25) is 4.79 Å². The Kier molecular flexibility index (Phi) is 6.51. The molecule has 0 unspecified atom stereocenters. The lowest BCUT2D eigenvalue weighted by Gasteiger charge is -2.18. The van der Waals surface area contributed by atoms with Gasteiger partial charge in [-0.25, -0.2) is 8.42 Å². The summed E-state index contributed by atoms with van der Waals surface area (Å²) >= 11 is 0. The van der Waals surface area contributed by atoms with Crippen molar-refractivity contribution in [2.45, 2.75) is 18.7 Å². The van der Waals surface area contributed by atoms with E-state index in [-0.39, 0.29) is 17.4 Å². The molecule has 0 saturated carbocycles. The Morgan fingerprint density at radius 3 is 2.28 bits per heavy atom. The number of anilines is 1. The molecule has 6 nitrogen and oxygen atoms in total. The lowest BCUT2D eigenvalue weighted by molar-refractivity contribution is -0.118. The van der Waals surface area contributed by atoms with E-state index in [2.05, 4.69) is 5.32 Å². The predicted molar refractivity (Wildman–Crippen MR) is 115 cm³/mol. The van der Waals surface area contributed by atoms with Crippen molar-refractivity contribution < 1.29 is 17.9 Å². The molecular formula is C22H24N2O4S. The van der Waals surface area contributed by atoms with E-state index in [0.717, 1.165) is 16.5 Å². The van der Waals surface area contributed by atoms with Gasteiger partial charge in [0.15, 0.2) is 6.61 Å². The molecule has 0 spiro atoms. The van der Waals surface area contributed by atoms with Crippen LogP contribution in [0.4, 0.5) is 5.69 Å². The van der Waals surface area contributed by atoms with Gasteiger partial charge in [0.25, 0.3) is 5.91 Å². The number of sulfonamides is 1. The van der Waals surface area contributed by atoms with Crippen molar-refractivity contribution in [3.63, 3.8) is 0 Å². The fourth-order valence-electron chi connectivity index (χ4n) is 3.09. The molecule has 0 aliphatic heterocycles. The molecule has 1 amide bonds. The van der Waals surface area contributed by atoms with Gasteiger partial charge < -0.3 is 10.1 Å². The molecule has 1 N–H and O–H groups in total. The Morgan fingerprint density at radius 1 is 0.931 bits per heavy atom. The molecule has 0 atom stereocenters. The van der Waals surface area contributed by atoms with Crippen LogP contribution in [0, 0.1) is 0 Å². The molecule has 152 valence electrons. The third-order valence-electron chi connectivity index (χ3n) is 4.60. The van der Waals surface area contributed by atoms with Crippen molar-refractivity contribution in [2.75, 3.05) is 25.0 Å². The zero-order chi connectivity index (χ0) is 20.9. The van der Waals surface area contributed by atoms with Crippen LogP contribution in [0.3, 0.4) is 0 Å². The molecular weight excluding hydrogens is 388 g/mol. The first kappa shape index (κ1) is 20.8. The van der Waals surface area contributed by atoms with Crippen LogP contribution < -0.4 is 10.1 Å². The van der Waals surface area contributed by atoms with E-state index in [1.165, 1.54) is 16.4 Å². The number of ether oxygens (including phenoxy) is 1. The van der Waals surface area contributed by atoms with Gasteiger partial charge >= 0.3 is 0 Å². The number of nitrogens with one attached hydrogen (secondary N) is 1. The average molecular weight is 413 g/mol. The van der Waals surface area contributed by atoms with Gasteiger partial charge in [-0.05, 0) is 35.7 Å². The summed E-state index contributed by atoms with van der Waals surface area (Å²) < 4.78 is 31.9. The van der Waals surface area contributed by atoms with Crippen molar-refractivity contribution in [1.82, 2.24) is 4.31 Å². The van der Waals surface area contributed by atoms with E-state index in [0.29, 0.717) is 18.8 Å². The van der Waals surface area contributed by atoms with E-state index in [1.54, 1.807) is 26.0 Å². The number of carbonyl (C=O) groups is 1. The standard InChI is InChI=1S/C22H24N2O4S/c1-3-24(4-2)29(26,27)19-14-12-18(13-15-19)28-16-22(25)23-21-11-7-9-17-8-5-6-10-20(17)21/h5-15H,3-4,16H2,1-2H3,(H,23,25). The van der Waals surface area contributed by atoms with Crippen molar-refractivity contribution >= 4 is 32.4 Å². The molecule has 3 aromatic rings. The first-order valence-electron chi connectivity index (χ1n) is 9.46. The largest absolute Gasteiger partial charge is 0.484 e. The van der Waals surface area contributed by atoms with Crippen LogP contribution >= 0.6 is 0 Å². The van der Waals surface area contributed by atoms with Crippen molar-refractivity contribution in [1.29, 1.82) is 0 Å². The van der Waals surface area contributed by atoms with Gasteiger partial charge in [-0.2, -0.15) is 4.31 Å². The zero-order valence-electron chi connectivity index (χ0n) is 16.5. The van der Waals surface area contributed by atoms with E-state index >= 15 is 0 Å². The summed E-state index contributed by atoms with van der Waals surface area (Å²) in [5.74, 6) is 0.137. The number of nitrogens with zero attached hydrogens (tertiary/aromatic N) is 1. The smallest absolute Gasteiger partial charge is 0.262 e. The Labute approximate surface area is 171 Å². The van der Waals surface area contributed by atoms with Crippen molar-refractivity contribution in [3.05, 3.63) is 66.7 Å². The van der Waals surface area contributed by atoms with Crippen LogP contribution in [0.2, 0.25) is 0 Å². The fourth-order valence-corrected chi connectivity index (χ4v) is 4.55. The molecule has 3 aromatic carbocycles. The normalized spacial score (nSPS) is 11.6. The molecule has 7 heteroatoms. The molecule has 3 rings (SSSR count). The highest BCUT2D eigenvalue weighted by Gasteiger charge is 2.21. The fraction of sp³-hybridized carbons (Fsp3) is 0.227. The molecule has 0 aromatic heterocycles. The quantitative estimate of drug-likeness (QED) is 0.609. The lowest BCUT2D eigenvalue weighted by Crippen LogP contribution is -2.30. The van der Waals surface area contributed by atoms with Crippen LogP contribution in [0.15, 0.2) is 71.6 Å². The molecule has 0 radical (unpaired) electrons. The topological polar surface area (TPSA) is 75.7 Å². The number of carbonyl (C=O) groups excluding carboxylic acids is 1. The summed E-state index contributed by atoms with van der Waals surface area (Å²) in [5.41, 5.74) is 0.720. The maximum atomic E-state index is 12.5. The summed E-state index contributed by atoms with van der Waals surface area (Å²) in [6.45, 7) is 4.24. The van der Waals surface area contributed by atoms with Crippen molar-refractivity contribution in [2.24, 2.45) is 0 Å². The average Bonchev–Trinajstić information content (AvgIpc) is 2.73. The molecule has 0 bridgehead atoms. The van der Waals surface area contributed by atoms with E-state index in [1.807, 2.05) is 42.5 Å². The van der Waals surface area contributed by atoms with Crippen LogP contribution in [0.1, 0.15) is 13.8 Å². The Balaban J connectivity index is 1.63. The number of hydrogen-bond donors (Lipinski definition) is 1. The number of hydrogen-bond acceptors (Lipinski definition) is 4. The summed E-state index contributed by atoms with van der Waals surface area (Å²) in [4.78, 5) is 12.5. The highest BCUT2D eigenvalue weighted by Crippen LogP contribution is 2.23. The van der Waals surface area contributed by atoms with Crippen LogP contribution in [-0.2, 0) is 14.8 Å². The summed E-state index contributed by atoms with van der Waals surface area (Å²) in [6, 6.07) is 19.6. The maximum Gasteiger partial charge on any atom is 0.262 e. The minimum Gasteiger partial charge on any atom is -0.484 e. The SMILES string of the molecule is CCN(CC)S(=O)(=O)c1ccc(OCC(=O)Nc2cccc3ccccc23)cc1. The zero-order valence-corrected chi connectivity index (χ0v) is 17.3. The van der Waals surface area contributed by atoms with Gasteiger partial charge in [0.05, 0.1) is 4.90 Å². The highest BCUT2D eigenvalue weighted by molar-refractivity contribution is 7.89. The Morgan fingerprint density at radius 2 is 1.59 bits per heavy atom. The summed E-state index contributed by atoms with van der Waals surface area (Å²) in [6.07, 6.45) is 0. The highest BCUT2D eigenvalue weighted by atomic mass is 32.2. The van der Waals surface area contributed by atoms with Gasteiger partial charge in [0.1, 0.15) is 5.75 Å². The first-order chi connectivity index (χ1) is 14.0. The number of fused-ring (bicyclic) bond motifs is 1. The molecule has 0 saturated heterocycles. The number of benzene rings is 3.